The molecule has 0 aliphatic rings. The quantitative estimate of drug-likeness (QED) is 0.635. The van der Waals surface area contributed by atoms with Crippen LogP contribution < -0.4 is 15.4 Å². The van der Waals surface area contributed by atoms with Crippen LogP contribution in [0, 0.1) is 5.82 Å². The van der Waals surface area contributed by atoms with Crippen molar-refractivity contribution >= 4 is 29.1 Å². The van der Waals surface area contributed by atoms with Crippen LogP contribution in [-0.2, 0) is 4.79 Å². The van der Waals surface area contributed by atoms with E-state index in [9.17, 15) is 14.0 Å². The first-order chi connectivity index (χ1) is 13.5. The summed E-state index contributed by atoms with van der Waals surface area (Å²) >= 11 is 5.85. The van der Waals surface area contributed by atoms with E-state index < -0.39 is 17.6 Å². The molecule has 0 heterocycles. The number of halogens is 2. The van der Waals surface area contributed by atoms with E-state index in [0.717, 1.165) is 6.07 Å². The van der Waals surface area contributed by atoms with Crippen molar-refractivity contribution in [2.24, 2.45) is 0 Å². The Morgan fingerprint density at radius 2 is 1.64 bits per heavy atom. The van der Waals surface area contributed by atoms with Gasteiger partial charge in [0.2, 0.25) is 5.91 Å². The molecule has 7 heteroatoms. The number of amides is 2. The monoisotopic (exact) mass is 398 g/mol. The van der Waals surface area contributed by atoms with E-state index in [4.69, 9.17) is 16.3 Å². The first-order valence-corrected chi connectivity index (χ1v) is 8.76. The molecule has 28 heavy (non-hydrogen) atoms. The zero-order chi connectivity index (χ0) is 19.9. The zero-order valence-electron chi connectivity index (χ0n) is 14.6. The van der Waals surface area contributed by atoms with Crippen molar-refractivity contribution in [3.8, 4) is 11.5 Å². The molecule has 0 fully saturated rings. The largest absolute Gasteiger partial charge is 0.455 e. The summed E-state index contributed by atoms with van der Waals surface area (Å²) in [6, 6.07) is 19.9. The first-order valence-electron chi connectivity index (χ1n) is 8.38. The van der Waals surface area contributed by atoms with Crippen LogP contribution in [0.1, 0.15) is 10.4 Å². The highest BCUT2D eigenvalue weighted by Crippen LogP contribution is 2.29. The molecular weight excluding hydrogens is 383 g/mol. The van der Waals surface area contributed by atoms with Crippen LogP contribution in [0.2, 0.25) is 5.02 Å². The van der Waals surface area contributed by atoms with Crippen molar-refractivity contribution < 1.29 is 18.7 Å². The molecule has 5 nitrogen and oxygen atoms in total. The number of nitrogens with one attached hydrogen (secondary N) is 2. The van der Waals surface area contributed by atoms with Crippen molar-refractivity contribution in [1.82, 2.24) is 5.32 Å². The lowest BCUT2D eigenvalue weighted by Crippen LogP contribution is -2.33. The Hall–Kier alpha value is -3.38. The molecule has 3 rings (SSSR count). The summed E-state index contributed by atoms with van der Waals surface area (Å²) in [6.45, 7) is -0.358. The van der Waals surface area contributed by atoms with Gasteiger partial charge in [0.15, 0.2) is 5.75 Å². The predicted octanol–water partition coefficient (Wildman–Crippen LogP) is 4.64. The number of benzene rings is 3. The Kier molecular flexibility index (Phi) is 6.24. The van der Waals surface area contributed by atoms with Gasteiger partial charge in [-0.1, -0.05) is 48.0 Å². The Balaban J connectivity index is 1.63. The van der Waals surface area contributed by atoms with Gasteiger partial charge in [-0.3, -0.25) is 9.59 Å². The third-order valence-electron chi connectivity index (χ3n) is 3.73. The van der Waals surface area contributed by atoms with Gasteiger partial charge in [0.25, 0.3) is 5.91 Å². The Labute approximate surface area is 166 Å². The number of anilines is 1. The molecular formula is C21H16ClFN2O3. The van der Waals surface area contributed by atoms with Gasteiger partial charge in [0, 0.05) is 0 Å². The minimum absolute atomic E-state index is 0.0282. The number of hydrogen-bond acceptors (Lipinski definition) is 3. The maximum Gasteiger partial charge on any atom is 0.256 e. The summed E-state index contributed by atoms with van der Waals surface area (Å²) in [4.78, 5) is 24.3. The maximum absolute atomic E-state index is 13.8. The molecule has 0 unspecified atom stereocenters. The van der Waals surface area contributed by atoms with Gasteiger partial charge in [0.1, 0.15) is 11.6 Å². The van der Waals surface area contributed by atoms with Crippen LogP contribution in [0.4, 0.5) is 10.1 Å². The molecule has 0 aliphatic heterocycles. The molecule has 0 radical (unpaired) electrons. The van der Waals surface area contributed by atoms with Gasteiger partial charge in [-0.15, -0.1) is 0 Å². The minimum Gasteiger partial charge on any atom is -0.455 e. The number of ether oxygens (including phenoxy) is 1. The summed E-state index contributed by atoms with van der Waals surface area (Å²) in [5, 5.41) is 4.99. The number of carbonyl (C=O) groups excluding carboxylic acids is 2. The average Bonchev–Trinajstić information content (AvgIpc) is 2.68. The van der Waals surface area contributed by atoms with Crippen LogP contribution in [0.15, 0.2) is 72.8 Å². The lowest BCUT2D eigenvalue weighted by Gasteiger charge is -2.13. The minimum atomic E-state index is -0.771. The molecule has 3 aromatic rings. The number of rotatable bonds is 6. The Morgan fingerprint density at radius 1 is 0.929 bits per heavy atom. The van der Waals surface area contributed by atoms with Gasteiger partial charge < -0.3 is 15.4 Å². The van der Waals surface area contributed by atoms with E-state index in [1.54, 1.807) is 36.4 Å². The van der Waals surface area contributed by atoms with E-state index in [0.29, 0.717) is 17.2 Å². The smallest absolute Gasteiger partial charge is 0.256 e. The number of hydrogen-bond donors (Lipinski definition) is 2. The fourth-order valence-corrected chi connectivity index (χ4v) is 2.68. The molecule has 3 aromatic carbocycles. The van der Waals surface area contributed by atoms with E-state index in [2.05, 4.69) is 10.6 Å². The zero-order valence-corrected chi connectivity index (χ0v) is 15.4. The molecule has 0 saturated heterocycles. The Bertz CT molecular complexity index is 976. The molecule has 0 bridgehead atoms. The second kappa shape index (κ2) is 9.01. The summed E-state index contributed by atoms with van der Waals surface area (Å²) in [7, 11) is 0. The topological polar surface area (TPSA) is 67.4 Å². The third kappa shape index (κ3) is 4.86. The van der Waals surface area contributed by atoms with Crippen molar-refractivity contribution in [1.29, 1.82) is 0 Å². The van der Waals surface area contributed by atoms with Crippen molar-refractivity contribution in [3.05, 3.63) is 89.2 Å². The van der Waals surface area contributed by atoms with Gasteiger partial charge in [-0.05, 0) is 36.4 Å². The van der Waals surface area contributed by atoms with Crippen LogP contribution >= 0.6 is 11.6 Å². The second-order valence-electron chi connectivity index (χ2n) is 5.74. The molecule has 0 aliphatic carbocycles. The van der Waals surface area contributed by atoms with E-state index >= 15 is 0 Å². The highest BCUT2D eigenvalue weighted by Gasteiger charge is 2.17. The predicted molar refractivity (Wildman–Crippen MR) is 105 cm³/mol. The van der Waals surface area contributed by atoms with Crippen molar-refractivity contribution in [2.75, 3.05) is 11.9 Å². The van der Waals surface area contributed by atoms with E-state index in [1.807, 2.05) is 18.2 Å². The van der Waals surface area contributed by atoms with Crippen LogP contribution in [0.5, 0.6) is 11.5 Å². The van der Waals surface area contributed by atoms with E-state index in [1.165, 1.54) is 12.1 Å². The fourth-order valence-electron chi connectivity index (χ4n) is 2.43. The number of carbonyl (C=O) groups is 2. The summed E-state index contributed by atoms with van der Waals surface area (Å²) in [5.41, 5.74) is 0.138. The normalized spacial score (nSPS) is 10.2. The van der Waals surface area contributed by atoms with Crippen LogP contribution in [0.3, 0.4) is 0 Å². The molecule has 142 valence electrons. The molecule has 0 saturated carbocycles. The van der Waals surface area contributed by atoms with Crippen molar-refractivity contribution in [3.63, 3.8) is 0 Å². The van der Waals surface area contributed by atoms with Crippen molar-refractivity contribution in [2.45, 2.75) is 0 Å². The number of para-hydroxylation sites is 3. The molecule has 2 N–H and O–H groups in total. The van der Waals surface area contributed by atoms with Gasteiger partial charge in [0.05, 0.1) is 22.8 Å². The lowest BCUT2D eigenvalue weighted by molar-refractivity contribution is -0.115. The highest BCUT2D eigenvalue weighted by molar-refractivity contribution is 6.33. The third-order valence-corrected chi connectivity index (χ3v) is 4.05. The summed E-state index contributed by atoms with van der Waals surface area (Å²) in [5.74, 6) is -0.957. The van der Waals surface area contributed by atoms with E-state index in [-0.39, 0.29) is 17.1 Å². The fraction of sp³-hybridized carbons (Fsp3) is 0.0476. The molecule has 0 atom stereocenters. The second-order valence-corrected chi connectivity index (χ2v) is 6.15. The molecule has 0 spiro atoms. The molecule has 2 amide bonds. The summed E-state index contributed by atoms with van der Waals surface area (Å²) < 4.78 is 19.5. The van der Waals surface area contributed by atoms with Gasteiger partial charge in [-0.25, -0.2) is 4.39 Å². The average molecular weight is 399 g/mol. The maximum atomic E-state index is 13.8. The highest BCUT2D eigenvalue weighted by atomic mass is 35.5. The first kappa shape index (κ1) is 19.4. The van der Waals surface area contributed by atoms with Gasteiger partial charge in [-0.2, -0.15) is 0 Å². The molecule has 0 aromatic heterocycles. The lowest BCUT2D eigenvalue weighted by atomic mass is 10.2. The SMILES string of the molecule is O=C(CNC(=O)c1c(F)cccc1Cl)Nc1ccccc1Oc1ccccc1. The summed E-state index contributed by atoms with van der Waals surface area (Å²) in [6.07, 6.45) is 0. The van der Waals surface area contributed by atoms with Crippen LogP contribution in [-0.4, -0.2) is 18.4 Å². The Morgan fingerprint density at radius 3 is 2.39 bits per heavy atom. The van der Waals surface area contributed by atoms with Gasteiger partial charge >= 0.3 is 0 Å². The van der Waals surface area contributed by atoms with Crippen LogP contribution in [0.25, 0.3) is 0 Å². The standard InChI is InChI=1S/C21H16ClFN2O3/c22-15-9-6-10-16(23)20(15)21(27)24-13-19(26)25-17-11-4-5-12-18(17)28-14-7-2-1-3-8-14/h1-12H,13H2,(H,24,27)(H,25,26).